The number of rotatable bonds is 8. The molecule has 186 valence electrons. The van der Waals surface area contributed by atoms with Crippen molar-refractivity contribution < 1.29 is 18.3 Å². The monoisotopic (exact) mass is 495 g/mol. The van der Waals surface area contributed by atoms with E-state index in [0.29, 0.717) is 28.6 Å². The molecule has 5 aromatic rings. The molecule has 5 rings (SSSR count). The Labute approximate surface area is 214 Å². The second-order valence-corrected chi connectivity index (χ2v) is 8.76. The highest BCUT2D eigenvalue weighted by Gasteiger charge is 2.27. The number of halogens is 1. The smallest absolute Gasteiger partial charge is 0.257 e. The third kappa shape index (κ3) is 5.30. The van der Waals surface area contributed by atoms with Crippen molar-refractivity contribution in [1.29, 1.82) is 0 Å². The summed E-state index contributed by atoms with van der Waals surface area (Å²) in [7, 11) is 1.80. The molecule has 0 saturated carbocycles. The van der Waals surface area contributed by atoms with Crippen LogP contribution in [0, 0.1) is 12.7 Å². The molecule has 7 heteroatoms. The standard InChI is InChI=1S/C30H26FN3O3/c1-21-10-8-13-23(18-21)37-30-26(28(32-33(30)2)22-11-4-3-5-12-22)20-34(19-24-14-9-17-36-24)29(35)25-15-6-7-16-27(25)31/h3-18H,19-20H2,1-2H3. The van der Waals surface area contributed by atoms with E-state index >= 15 is 0 Å². The summed E-state index contributed by atoms with van der Waals surface area (Å²) >= 11 is 0. The molecule has 0 unspecified atom stereocenters. The fourth-order valence-corrected chi connectivity index (χ4v) is 4.23. The lowest BCUT2D eigenvalue weighted by atomic mass is 10.1. The molecule has 0 spiro atoms. The van der Waals surface area contributed by atoms with E-state index in [1.165, 1.54) is 12.1 Å². The predicted octanol–water partition coefficient (Wildman–Crippen LogP) is 6.76. The van der Waals surface area contributed by atoms with E-state index in [0.717, 1.165) is 11.1 Å². The van der Waals surface area contributed by atoms with Gasteiger partial charge in [-0.15, -0.1) is 0 Å². The summed E-state index contributed by atoms with van der Waals surface area (Å²) in [5, 5.41) is 4.76. The third-order valence-electron chi connectivity index (χ3n) is 6.01. The van der Waals surface area contributed by atoms with Crippen LogP contribution in [0.1, 0.15) is 27.2 Å². The van der Waals surface area contributed by atoms with Crippen molar-refractivity contribution in [2.75, 3.05) is 0 Å². The van der Waals surface area contributed by atoms with Crippen LogP contribution in [0.4, 0.5) is 4.39 Å². The number of ether oxygens (including phenoxy) is 1. The molecule has 0 atom stereocenters. The van der Waals surface area contributed by atoms with E-state index in [1.807, 2.05) is 61.5 Å². The third-order valence-corrected chi connectivity index (χ3v) is 6.01. The Hall–Kier alpha value is -4.65. The first-order valence-corrected chi connectivity index (χ1v) is 11.9. The lowest BCUT2D eigenvalue weighted by Gasteiger charge is -2.23. The molecule has 0 N–H and O–H groups in total. The summed E-state index contributed by atoms with van der Waals surface area (Å²) in [6, 6.07) is 26.9. The van der Waals surface area contributed by atoms with Gasteiger partial charge in [0.1, 0.15) is 23.0 Å². The first-order chi connectivity index (χ1) is 18.0. The van der Waals surface area contributed by atoms with Gasteiger partial charge in [0.15, 0.2) is 0 Å². The zero-order valence-corrected chi connectivity index (χ0v) is 20.6. The van der Waals surface area contributed by atoms with Crippen LogP contribution in [0.3, 0.4) is 0 Å². The zero-order valence-electron chi connectivity index (χ0n) is 20.6. The molecule has 1 amide bonds. The van der Waals surface area contributed by atoms with Gasteiger partial charge in [-0.1, -0.05) is 54.6 Å². The van der Waals surface area contributed by atoms with Gasteiger partial charge >= 0.3 is 0 Å². The molecule has 6 nitrogen and oxygen atoms in total. The normalized spacial score (nSPS) is 10.9. The maximum Gasteiger partial charge on any atom is 0.257 e. The molecule has 0 radical (unpaired) electrons. The summed E-state index contributed by atoms with van der Waals surface area (Å²) in [5.74, 6) is 0.689. The summed E-state index contributed by atoms with van der Waals surface area (Å²) in [5.41, 5.74) is 3.30. The summed E-state index contributed by atoms with van der Waals surface area (Å²) in [4.78, 5) is 15.2. The summed E-state index contributed by atoms with van der Waals surface area (Å²) in [6.45, 7) is 2.25. The molecular weight excluding hydrogens is 469 g/mol. The van der Waals surface area contributed by atoms with E-state index in [4.69, 9.17) is 14.3 Å². The number of carbonyl (C=O) groups excluding carboxylic acids is 1. The SMILES string of the molecule is Cc1cccc(Oc2c(CN(Cc3ccco3)C(=O)c3ccccc3F)c(-c3ccccc3)nn2C)c1. The van der Waals surface area contributed by atoms with Crippen LogP contribution < -0.4 is 4.74 Å². The van der Waals surface area contributed by atoms with Crippen LogP contribution in [-0.2, 0) is 20.1 Å². The maximum absolute atomic E-state index is 14.7. The highest BCUT2D eigenvalue weighted by atomic mass is 19.1. The summed E-state index contributed by atoms with van der Waals surface area (Å²) < 4.78 is 28.2. The average molecular weight is 496 g/mol. The summed E-state index contributed by atoms with van der Waals surface area (Å²) in [6.07, 6.45) is 1.55. The minimum atomic E-state index is -0.581. The van der Waals surface area contributed by atoms with Crippen LogP contribution in [0.25, 0.3) is 11.3 Å². The zero-order chi connectivity index (χ0) is 25.8. The van der Waals surface area contributed by atoms with E-state index in [2.05, 4.69) is 0 Å². The van der Waals surface area contributed by atoms with Crippen molar-refractivity contribution >= 4 is 5.91 Å². The predicted molar refractivity (Wildman–Crippen MR) is 139 cm³/mol. The van der Waals surface area contributed by atoms with Crippen molar-refractivity contribution in [1.82, 2.24) is 14.7 Å². The van der Waals surface area contributed by atoms with Crippen LogP contribution in [0.15, 0.2) is 102 Å². The number of hydrogen-bond acceptors (Lipinski definition) is 4. The lowest BCUT2D eigenvalue weighted by Crippen LogP contribution is -2.31. The Balaban J connectivity index is 1.60. The van der Waals surface area contributed by atoms with Gasteiger partial charge in [0.25, 0.3) is 5.91 Å². The maximum atomic E-state index is 14.7. The number of hydrogen-bond donors (Lipinski definition) is 0. The molecule has 0 saturated heterocycles. The van der Waals surface area contributed by atoms with Gasteiger partial charge in [-0.25, -0.2) is 9.07 Å². The van der Waals surface area contributed by atoms with E-state index in [9.17, 15) is 9.18 Å². The van der Waals surface area contributed by atoms with Gasteiger partial charge < -0.3 is 14.1 Å². The molecule has 2 heterocycles. The molecule has 0 aliphatic carbocycles. The number of carbonyl (C=O) groups is 1. The van der Waals surface area contributed by atoms with Crippen molar-refractivity contribution in [2.45, 2.75) is 20.0 Å². The number of amides is 1. The Kier molecular flexibility index (Phi) is 6.85. The lowest BCUT2D eigenvalue weighted by molar-refractivity contribution is 0.0712. The number of furan rings is 1. The minimum absolute atomic E-state index is 0.0136. The Morgan fingerprint density at radius 3 is 2.49 bits per heavy atom. The van der Waals surface area contributed by atoms with Crippen molar-refractivity contribution in [3.05, 3.63) is 126 Å². The number of nitrogens with zero attached hydrogens (tertiary/aromatic N) is 3. The van der Waals surface area contributed by atoms with Crippen LogP contribution in [-0.4, -0.2) is 20.6 Å². The van der Waals surface area contributed by atoms with Gasteiger partial charge in [-0.05, 0) is 48.9 Å². The van der Waals surface area contributed by atoms with Crippen LogP contribution in [0.5, 0.6) is 11.6 Å². The average Bonchev–Trinajstić information content (AvgIpc) is 3.52. The fourth-order valence-electron chi connectivity index (χ4n) is 4.23. The molecular formula is C30H26FN3O3. The molecule has 0 aliphatic heterocycles. The van der Waals surface area contributed by atoms with Gasteiger partial charge in [0, 0.05) is 12.6 Å². The second kappa shape index (κ2) is 10.5. The van der Waals surface area contributed by atoms with Crippen molar-refractivity contribution in [2.24, 2.45) is 7.05 Å². The van der Waals surface area contributed by atoms with Crippen LogP contribution in [0.2, 0.25) is 0 Å². The first-order valence-electron chi connectivity index (χ1n) is 11.9. The van der Waals surface area contributed by atoms with Gasteiger partial charge in [0.2, 0.25) is 5.88 Å². The minimum Gasteiger partial charge on any atom is -0.467 e. The van der Waals surface area contributed by atoms with Crippen LogP contribution >= 0.6 is 0 Å². The largest absolute Gasteiger partial charge is 0.467 e. The molecule has 0 fully saturated rings. The Morgan fingerprint density at radius 2 is 1.76 bits per heavy atom. The number of aromatic nitrogens is 2. The van der Waals surface area contributed by atoms with E-state index in [-0.39, 0.29) is 18.7 Å². The molecule has 37 heavy (non-hydrogen) atoms. The topological polar surface area (TPSA) is 60.5 Å². The second-order valence-electron chi connectivity index (χ2n) is 8.76. The van der Waals surface area contributed by atoms with Gasteiger partial charge in [-0.3, -0.25) is 4.79 Å². The molecule has 2 aromatic heterocycles. The molecule has 0 aliphatic rings. The van der Waals surface area contributed by atoms with E-state index in [1.54, 1.807) is 47.2 Å². The number of benzene rings is 3. The Morgan fingerprint density at radius 1 is 0.973 bits per heavy atom. The highest BCUT2D eigenvalue weighted by molar-refractivity contribution is 5.94. The van der Waals surface area contributed by atoms with Crippen molar-refractivity contribution in [3.63, 3.8) is 0 Å². The fraction of sp³-hybridized carbons (Fsp3) is 0.133. The van der Waals surface area contributed by atoms with Gasteiger partial charge in [-0.2, -0.15) is 5.10 Å². The van der Waals surface area contributed by atoms with Crippen molar-refractivity contribution in [3.8, 4) is 22.9 Å². The first kappa shape index (κ1) is 24.1. The quantitative estimate of drug-likeness (QED) is 0.239. The van der Waals surface area contributed by atoms with Gasteiger partial charge in [0.05, 0.1) is 30.5 Å². The Bertz CT molecular complexity index is 1510. The van der Waals surface area contributed by atoms with E-state index < -0.39 is 11.7 Å². The molecule has 0 bridgehead atoms. The highest BCUT2D eigenvalue weighted by Crippen LogP contribution is 2.35. The number of aryl methyl sites for hydroxylation is 2. The molecule has 3 aromatic carbocycles.